The molecule has 1 spiro atoms. The van der Waals surface area contributed by atoms with Gasteiger partial charge in [0.15, 0.2) is 0 Å². The van der Waals surface area contributed by atoms with Crippen LogP contribution in [-0.2, 0) is 27.5 Å². The normalized spacial score (nSPS) is 27.5. The van der Waals surface area contributed by atoms with E-state index in [2.05, 4.69) is 29.1 Å². The molecule has 2 bridgehead atoms. The number of carbonyl (C=O) groups excluding carboxylic acids is 3. The maximum atomic E-state index is 14.5. The molecule has 2 aromatic rings. The molecule has 0 saturated carbocycles. The standard InChI is InChI=1S/C33H38BrN3O4S/c1-3-16-35(21-23-12-7-5-8-13-23)30(39)26-27-31(40)37(18-11-19-38)29(33(27)20-25(34)28(26)42-33)32(41)36(17-4-2)22-24-14-9-6-10-15-24/h3-10,12-15,25-29,38H,1-2,11,16-22H2/t25?,26-,27+,28-,29?,33?/m1/s1. The maximum absolute atomic E-state index is 14.5. The van der Waals surface area contributed by atoms with E-state index < -0.39 is 22.6 Å². The minimum absolute atomic E-state index is 0.0159. The Morgan fingerprint density at radius 2 is 1.52 bits per heavy atom. The van der Waals surface area contributed by atoms with Crippen LogP contribution in [0.2, 0.25) is 0 Å². The van der Waals surface area contributed by atoms with Gasteiger partial charge < -0.3 is 19.8 Å². The highest BCUT2D eigenvalue weighted by atomic mass is 79.9. The predicted molar refractivity (Wildman–Crippen MR) is 170 cm³/mol. The van der Waals surface area contributed by atoms with Gasteiger partial charge in [-0.1, -0.05) is 88.7 Å². The van der Waals surface area contributed by atoms with Gasteiger partial charge in [0.25, 0.3) is 0 Å². The fourth-order valence-corrected chi connectivity index (χ4v) is 10.5. The number of hydrogen-bond acceptors (Lipinski definition) is 5. The molecule has 222 valence electrons. The third-order valence-corrected chi connectivity index (χ3v) is 11.8. The summed E-state index contributed by atoms with van der Waals surface area (Å²) in [5, 5.41) is 9.55. The molecule has 2 aromatic carbocycles. The second-order valence-electron chi connectivity index (χ2n) is 11.3. The first-order chi connectivity index (χ1) is 20.4. The molecule has 3 saturated heterocycles. The second-order valence-corrected chi connectivity index (χ2v) is 14.0. The van der Waals surface area contributed by atoms with Gasteiger partial charge in [0.2, 0.25) is 17.7 Å². The van der Waals surface area contributed by atoms with Crippen molar-refractivity contribution in [3.63, 3.8) is 0 Å². The Balaban J connectivity index is 1.51. The van der Waals surface area contributed by atoms with Crippen LogP contribution in [0, 0.1) is 11.8 Å². The van der Waals surface area contributed by atoms with E-state index in [0.29, 0.717) is 39.0 Å². The number of nitrogens with zero attached hydrogens (tertiary/aromatic N) is 3. The Morgan fingerprint density at radius 3 is 2.05 bits per heavy atom. The van der Waals surface area contributed by atoms with Crippen LogP contribution < -0.4 is 0 Å². The van der Waals surface area contributed by atoms with Crippen LogP contribution in [-0.4, -0.2) is 84.6 Å². The third-order valence-electron chi connectivity index (χ3n) is 8.62. The van der Waals surface area contributed by atoms with Crippen LogP contribution in [0.15, 0.2) is 86.0 Å². The van der Waals surface area contributed by atoms with E-state index in [-0.39, 0.29) is 41.0 Å². The third kappa shape index (κ3) is 5.58. The molecule has 0 aliphatic carbocycles. The number of fused-ring (bicyclic) bond motifs is 1. The average Bonchev–Trinajstić information content (AvgIpc) is 3.59. The summed E-state index contributed by atoms with van der Waals surface area (Å²) >= 11 is 5.49. The first-order valence-corrected chi connectivity index (χ1v) is 16.3. The van der Waals surface area contributed by atoms with Gasteiger partial charge in [-0.3, -0.25) is 14.4 Å². The van der Waals surface area contributed by atoms with Crippen LogP contribution in [0.5, 0.6) is 0 Å². The van der Waals surface area contributed by atoms with Gasteiger partial charge in [-0.25, -0.2) is 0 Å². The van der Waals surface area contributed by atoms with E-state index in [1.165, 1.54) is 0 Å². The van der Waals surface area contributed by atoms with Crippen molar-refractivity contribution in [2.75, 3.05) is 26.2 Å². The Bertz CT molecular complexity index is 1310. The van der Waals surface area contributed by atoms with E-state index in [0.717, 1.165) is 11.1 Å². The molecule has 0 aromatic heterocycles. The zero-order valence-corrected chi connectivity index (χ0v) is 26.1. The number of hydrogen-bond donors (Lipinski definition) is 1. The molecule has 3 aliphatic rings. The highest BCUT2D eigenvalue weighted by molar-refractivity contribution is 9.09. The Morgan fingerprint density at radius 1 is 0.976 bits per heavy atom. The van der Waals surface area contributed by atoms with E-state index in [9.17, 15) is 19.5 Å². The monoisotopic (exact) mass is 651 g/mol. The number of likely N-dealkylation sites (tertiary alicyclic amines) is 1. The summed E-state index contributed by atoms with van der Waals surface area (Å²) < 4.78 is -0.745. The fraction of sp³-hybridized carbons (Fsp3) is 0.424. The van der Waals surface area contributed by atoms with Gasteiger partial charge >= 0.3 is 0 Å². The summed E-state index contributed by atoms with van der Waals surface area (Å²) in [6.45, 7) is 9.45. The maximum Gasteiger partial charge on any atom is 0.247 e. The quantitative estimate of drug-likeness (QED) is 0.259. The number of alkyl halides is 1. The first-order valence-electron chi connectivity index (χ1n) is 14.5. The predicted octanol–water partition coefficient (Wildman–Crippen LogP) is 4.26. The largest absolute Gasteiger partial charge is 0.396 e. The van der Waals surface area contributed by atoms with Crippen molar-refractivity contribution in [1.82, 2.24) is 14.7 Å². The molecule has 5 rings (SSSR count). The zero-order chi connectivity index (χ0) is 29.9. The molecular formula is C33H38BrN3O4S. The van der Waals surface area contributed by atoms with Crippen LogP contribution in [0.25, 0.3) is 0 Å². The lowest BCUT2D eigenvalue weighted by Gasteiger charge is -2.38. The van der Waals surface area contributed by atoms with Gasteiger partial charge in [0, 0.05) is 49.4 Å². The molecule has 0 radical (unpaired) electrons. The zero-order valence-electron chi connectivity index (χ0n) is 23.7. The lowest BCUT2D eigenvalue weighted by atomic mass is 9.70. The van der Waals surface area contributed by atoms with Crippen LogP contribution in [0.3, 0.4) is 0 Å². The number of rotatable bonds is 13. The van der Waals surface area contributed by atoms with Crippen LogP contribution >= 0.6 is 27.7 Å². The number of aliphatic hydroxyl groups is 1. The Labute approximate surface area is 260 Å². The van der Waals surface area contributed by atoms with Crippen molar-refractivity contribution < 1.29 is 19.5 Å². The number of benzene rings is 2. The lowest BCUT2D eigenvalue weighted by Crippen LogP contribution is -2.55. The van der Waals surface area contributed by atoms with Crippen LogP contribution in [0.4, 0.5) is 0 Å². The molecule has 9 heteroatoms. The highest BCUT2D eigenvalue weighted by Crippen LogP contribution is 2.68. The summed E-state index contributed by atoms with van der Waals surface area (Å²) in [4.78, 5) is 48.4. The lowest BCUT2D eigenvalue weighted by molar-refractivity contribution is -0.145. The van der Waals surface area contributed by atoms with Crippen molar-refractivity contribution in [2.45, 2.75) is 46.8 Å². The summed E-state index contributed by atoms with van der Waals surface area (Å²) in [6, 6.07) is 18.9. The molecule has 3 unspecified atom stereocenters. The minimum Gasteiger partial charge on any atom is -0.396 e. The molecule has 3 aliphatic heterocycles. The number of carbonyl (C=O) groups is 3. The van der Waals surface area contributed by atoms with Crippen molar-refractivity contribution in [1.29, 1.82) is 0 Å². The molecule has 3 amide bonds. The van der Waals surface area contributed by atoms with Crippen LogP contribution in [0.1, 0.15) is 24.0 Å². The molecule has 6 atom stereocenters. The molecule has 1 N–H and O–H groups in total. The van der Waals surface area contributed by atoms with Gasteiger partial charge in [-0.05, 0) is 24.0 Å². The number of thioether (sulfide) groups is 1. The van der Waals surface area contributed by atoms with Crippen molar-refractivity contribution in [3.05, 3.63) is 97.1 Å². The summed E-state index contributed by atoms with van der Waals surface area (Å²) in [7, 11) is 0. The second kappa shape index (κ2) is 13.2. The summed E-state index contributed by atoms with van der Waals surface area (Å²) in [5.41, 5.74) is 1.99. The smallest absolute Gasteiger partial charge is 0.247 e. The van der Waals surface area contributed by atoms with Crippen molar-refractivity contribution in [2.24, 2.45) is 11.8 Å². The minimum atomic E-state index is -0.745. The molecule has 42 heavy (non-hydrogen) atoms. The molecule has 3 heterocycles. The van der Waals surface area contributed by atoms with Crippen molar-refractivity contribution >= 4 is 45.4 Å². The molecule has 3 fully saturated rings. The first kappa shape index (κ1) is 30.6. The number of halogens is 1. The fourth-order valence-electron chi connectivity index (χ4n) is 6.94. The SMILES string of the molecule is C=CCN(Cc1ccccc1)C(=O)C1N(CCCO)C(=O)[C@@H]2[C@@H](C(=O)N(CC=C)Cc3ccccc3)[C@@H]3SC12CC3Br. The average molecular weight is 653 g/mol. The summed E-state index contributed by atoms with van der Waals surface area (Å²) in [6.07, 6.45) is 4.40. The topological polar surface area (TPSA) is 81.2 Å². The van der Waals surface area contributed by atoms with E-state index >= 15 is 0 Å². The van der Waals surface area contributed by atoms with Gasteiger partial charge in [0.05, 0.1) is 16.6 Å². The van der Waals surface area contributed by atoms with Gasteiger partial charge in [0.1, 0.15) is 6.04 Å². The Kier molecular flexibility index (Phi) is 9.60. The highest BCUT2D eigenvalue weighted by Gasteiger charge is 2.76. The van der Waals surface area contributed by atoms with Crippen molar-refractivity contribution in [3.8, 4) is 0 Å². The number of aliphatic hydroxyl groups excluding tert-OH is 1. The van der Waals surface area contributed by atoms with E-state index in [1.807, 2.05) is 60.7 Å². The van der Waals surface area contributed by atoms with Gasteiger partial charge in [-0.15, -0.1) is 24.9 Å². The number of amides is 3. The Hall–Kier alpha value is -2.88. The van der Waals surface area contributed by atoms with E-state index in [1.54, 1.807) is 38.6 Å². The van der Waals surface area contributed by atoms with Gasteiger partial charge in [-0.2, -0.15) is 0 Å². The molecule has 7 nitrogen and oxygen atoms in total. The van der Waals surface area contributed by atoms with E-state index in [4.69, 9.17) is 0 Å². The molecular weight excluding hydrogens is 614 g/mol. The summed E-state index contributed by atoms with van der Waals surface area (Å²) in [5.74, 6) is -1.57.